The van der Waals surface area contributed by atoms with Crippen LogP contribution >= 0.6 is 0 Å². The Hall–Kier alpha value is -2.81. The van der Waals surface area contributed by atoms with E-state index in [2.05, 4.69) is 20.9 Å². The molecular weight excluding hydrogens is 392 g/mol. The number of carbonyl (C=O) groups is 1. The second kappa shape index (κ2) is 9.60. The zero-order valence-electron chi connectivity index (χ0n) is 16.3. The van der Waals surface area contributed by atoms with Gasteiger partial charge in [0.25, 0.3) is 5.91 Å². The van der Waals surface area contributed by atoms with Crippen molar-refractivity contribution in [3.05, 3.63) is 59.5 Å². The highest BCUT2D eigenvalue weighted by Gasteiger charge is 2.28. The fourth-order valence-corrected chi connectivity index (χ4v) is 4.76. The minimum atomic E-state index is -2.96. The quantitative estimate of drug-likeness (QED) is 0.463. The number of amides is 1. The Morgan fingerprint density at radius 1 is 1.24 bits per heavy atom. The Morgan fingerprint density at radius 3 is 2.79 bits per heavy atom. The summed E-state index contributed by atoms with van der Waals surface area (Å²) in [6.45, 7) is 3.31. The molecule has 0 saturated carbocycles. The molecule has 9 heteroatoms. The van der Waals surface area contributed by atoms with Crippen molar-refractivity contribution in [3.8, 4) is 0 Å². The summed E-state index contributed by atoms with van der Waals surface area (Å²) in [5.74, 6) is 1.41. The molecule has 0 aliphatic carbocycles. The van der Waals surface area contributed by atoms with Gasteiger partial charge in [0.1, 0.15) is 5.76 Å². The number of guanidine groups is 1. The van der Waals surface area contributed by atoms with Crippen molar-refractivity contribution in [2.45, 2.75) is 32.5 Å². The summed E-state index contributed by atoms with van der Waals surface area (Å²) in [6.07, 6.45) is 2.15. The monoisotopic (exact) mass is 418 g/mol. The first-order valence-corrected chi connectivity index (χ1v) is 11.4. The molecule has 2 heterocycles. The lowest BCUT2D eigenvalue weighted by Crippen LogP contribution is -2.44. The SMILES string of the molecule is CCNC(=NCc1cccc(C(=O)NCc2ccco2)c1)NC1CCS(=O)(=O)C1. The van der Waals surface area contributed by atoms with E-state index < -0.39 is 9.84 Å². The van der Waals surface area contributed by atoms with Gasteiger partial charge >= 0.3 is 0 Å². The van der Waals surface area contributed by atoms with Crippen LogP contribution < -0.4 is 16.0 Å². The lowest BCUT2D eigenvalue weighted by Gasteiger charge is -2.15. The van der Waals surface area contributed by atoms with E-state index in [4.69, 9.17) is 4.42 Å². The van der Waals surface area contributed by atoms with E-state index in [9.17, 15) is 13.2 Å². The van der Waals surface area contributed by atoms with E-state index in [0.717, 1.165) is 5.56 Å². The third-order valence-corrected chi connectivity index (χ3v) is 6.30. The molecule has 0 radical (unpaired) electrons. The minimum absolute atomic E-state index is 0.128. The summed E-state index contributed by atoms with van der Waals surface area (Å²) in [5, 5.41) is 9.14. The van der Waals surface area contributed by atoms with E-state index in [-0.39, 0.29) is 23.5 Å². The van der Waals surface area contributed by atoms with Gasteiger partial charge in [0.05, 0.1) is 30.9 Å². The number of hydrogen-bond donors (Lipinski definition) is 3. The Labute approximate surface area is 170 Å². The normalized spacial score (nSPS) is 18.4. The van der Waals surface area contributed by atoms with Gasteiger partial charge in [-0.3, -0.25) is 4.79 Å². The zero-order chi connectivity index (χ0) is 20.7. The van der Waals surface area contributed by atoms with Crippen LogP contribution in [-0.2, 0) is 22.9 Å². The standard InChI is InChI=1S/C20H26N4O4S/c1-2-21-20(24-17-8-10-29(26,27)14-17)23-12-15-5-3-6-16(11-15)19(25)22-13-18-7-4-9-28-18/h3-7,9,11,17H,2,8,10,12-14H2,1H3,(H,22,25)(H2,21,23,24). The van der Waals surface area contributed by atoms with Crippen LogP contribution in [0.15, 0.2) is 52.1 Å². The van der Waals surface area contributed by atoms with Crippen molar-refractivity contribution in [1.29, 1.82) is 0 Å². The molecule has 1 unspecified atom stereocenters. The van der Waals surface area contributed by atoms with Gasteiger partial charge in [0.15, 0.2) is 15.8 Å². The third-order valence-electron chi connectivity index (χ3n) is 4.53. The van der Waals surface area contributed by atoms with Gasteiger partial charge < -0.3 is 20.4 Å². The van der Waals surface area contributed by atoms with Crippen molar-refractivity contribution < 1.29 is 17.6 Å². The van der Waals surface area contributed by atoms with Crippen molar-refractivity contribution >= 4 is 21.7 Å². The molecule has 3 N–H and O–H groups in total. The topological polar surface area (TPSA) is 113 Å². The van der Waals surface area contributed by atoms with E-state index >= 15 is 0 Å². The van der Waals surface area contributed by atoms with Gasteiger partial charge in [-0.25, -0.2) is 13.4 Å². The number of nitrogens with one attached hydrogen (secondary N) is 3. The van der Waals surface area contributed by atoms with Crippen LogP contribution in [0.3, 0.4) is 0 Å². The largest absolute Gasteiger partial charge is 0.467 e. The molecule has 156 valence electrons. The molecule has 8 nitrogen and oxygen atoms in total. The first-order chi connectivity index (χ1) is 13.9. The molecule has 0 spiro atoms. The van der Waals surface area contributed by atoms with Crippen molar-refractivity contribution in [2.75, 3.05) is 18.1 Å². The number of rotatable bonds is 7. The molecule has 29 heavy (non-hydrogen) atoms. The summed E-state index contributed by atoms with van der Waals surface area (Å²) in [4.78, 5) is 16.9. The number of sulfone groups is 1. The maximum Gasteiger partial charge on any atom is 0.251 e. The second-order valence-corrected chi connectivity index (χ2v) is 9.13. The van der Waals surface area contributed by atoms with Gasteiger partial charge in [-0.1, -0.05) is 12.1 Å². The highest BCUT2D eigenvalue weighted by molar-refractivity contribution is 7.91. The number of hydrogen-bond acceptors (Lipinski definition) is 5. The Morgan fingerprint density at radius 2 is 2.10 bits per heavy atom. The Balaban J connectivity index is 1.60. The molecule has 1 amide bonds. The molecule has 1 aromatic heterocycles. The predicted octanol–water partition coefficient (Wildman–Crippen LogP) is 1.45. The molecule has 1 fully saturated rings. The fourth-order valence-electron chi connectivity index (χ4n) is 3.09. The van der Waals surface area contributed by atoms with Gasteiger partial charge in [0.2, 0.25) is 0 Å². The van der Waals surface area contributed by atoms with Crippen molar-refractivity contribution in [3.63, 3.8) is 0 Å². The zero-order valence-corrected chi connectivity index (χ0v) is 17.2. The highest BCUT2D eigenvalue weighted by atomic mass is 32.2. The van der Waals surface area contributed by atoms with Gasteiger partial charge in [-0.05, 0) is 43.2 Å². The molecule has 2 aromatic rings. The summed E-state index contributed by atoms with van der Waals surface area (Å²) in [5.41, 5.74) is 1.43. The van der Waals surface area contributed by atoms with Crippen LogP contribution in [-0.4, -0.2) is 44.4 Å². The average Bonchev–Trinajstić information content (AvgIpc) is 3.34. The maximum atomic E-state index is 12.4. The molecule has 1 atom stereocenters. The van der Waals surface area contributed by atoms with E-state index in [1.807, 2.05) is 19.1 Å². The molecule has 1 aliphatic rings. The van der Waals surface area contributed by atoms with Crippen molar-refractivity contribution in [2.24, 2.45) is 4.99 Å². The number of nitrogens with zero attached hydrogens (tertiary/aromatic N) is 1. The summed E-state index contributed by atoms with van der Waals surface area (Å²) >= 11 is 0. The third kappa shape index (κ3) is 6.35. The fraction of sp³-hybridized carbons (Fsp3) is 0.400. The number of benzene rings is 1. The molecule has 1 aliphatic heterocycles. The average molecular weight is 419 g/mol. The predicted molar refractivity (Wildman–Crippen MR) is 111 cm³/mol. The van der Waals surface area contributed by atoms with E-state index in [1.54, 1.807) is 30.5 Å². The number of aliphatic imine (C=N–C) groups is 1. The minimum Gasteiger partial charge on any atom is -0.467 e. The van der Waals surface area contributed by atoms with Crippen LogP contribution in [0.5, 0.6) is 0 Å². The first-order valence-electron chi connectivity index (χ1n) is 9.60. The lowest BCUT2D eigenvalue weighted by molar-refractivity contribution is 0.0948. The van der Waals surface area contributed by atoms with Crippen LogP contribution in [0, 0.1) is 0 Å². The number of furan rings is 1. The molecular formula is C20H26N4O4S. The molecule has 3 rings (SSSR count). The number of carbonyl (C=O) groups excluding carboxylic acids is 1. The molecule has 1 aromatic carbocycles. The maximum absolute atomic E-state index is 12.4. The van der Waals surface area contributed by atoms with Crippen LogP contribution in [0.4, 0.5) is 0 Å². The summed E-state index contributed by atoms with van der Waals surface area (Å²) in [6, 6.07) is 10.7. The van der Waals surface area contributed by atoms with Crippen LogP contribution in [0.2, 0.25) is 0 Å². The molecule has 0 bridgehead atoms. The Bertz CT molecular complexity index is 955. The van der Waals surface area contributed by atoms with Crippen molar-refractivity contribution in [1.82, 2.24) is 16.0 Å². The smallest absolute Gasteiger partial charge is 0.251 e. The molecule has 1 saturated heterocycles. The van der Waals surface area contributed by atoms with Crippen LogP contribution in [0.1, 0.15) is 35.0 Å². The second-order valence-electron chi connectivity index (χ2n) is 6.90. The Kier molecular flexibility index (Phi) is 6.92. The summed E-state index contributed by atoms with van der Waals surface area (Å²) in [7, 11) is -2.96. The van der Waals surface area contributed by atoms with E-state index in [1.165, 1.54) is 0 Å². The van der Waals surface area contributed by atoms with E-state index in [0.29, 0.717) is 43.3 Å². The summed E-state index contributed by atoms with van der Waals surface area (Å²) < 4.78 is 28.5. The highest BCUT2D eigenvalue weighted by Crippen LogP contribution is 2.11. The van der Waals surface area contributed by atoms with Gasteiger partial charge in [-0.15, -0.1) is 0 Å². The van der Waals surface area contributed by atoms with Gasteiger partial charge in [-0.2, -0.15) is 0 Å². The van der Waals surface area contributed by atoms with Crippen LogP contribution in [0.25, 0.3) is 0 Å². The van der Waals surface area contributed by atoms with Gasteiger partial charge in [0, 0.05) is 18.2 Å². The lowest BCUT2D eigenvalue weighted by atomic mass is 10.1. The first kappa shape index (κ1) is 20.9.